The van der Waals surface area contributed by atoms with Crippen molar-refractivity contribution in [1.82, 2.24) is 10.3 Å². The third-order valence-corrected chi connectivity index (χ3v) is 5.39. The van der Waals surface area contributed by atoms with Crippen LogP contribution in [0.2, 0.25) is 0 Å². The first-order valence-corrected chi connectivity index (χ1v) is 10.6. The SMILES string of the molecule is CC(C)(C)c1ccc(CN2CCN(c3ccc(C=NNC(N)=S)cc3F)CC2)cc1. The molecule has 1 aliphatic rings. The maximum absolute atomic E-state index is 14.6. The summed E-state index contributed by atoms with van der Waals surface area (Å²) in [6, 6.07) is 14.0. The van der Waals surface area contributed by atoms with Gasteiger partial charge in [-0.05, 0) is 46.5 Å². The number of halogens is 1. The van der Waals surface area contributed by atoms with Crippen LogP contribution in [0, 0.1) is 5.82 Å². The first-order valence-electron chi connectivity index (χ1n) is 10.2. The minimum Gasteiger partial charge on any atom is -0.375 e. The van der Waals surface area contributed by atoms with Crippen molar-refractivity contribution >= 4 is 29.2 Å². The van der Waals surface area contributed by atoms with Crippen molar-refractivity contribution in [3.8, 4) is 0 Å². The summed E-state index contributed by atoms with van der Waals surface area (Å²) in [5.41, 5.74) is 11.9. The molecule has 30 heavy (non-hydrogen) atoms. The van der Waals surface area contributed by atoms with Crippen LogP contribution in [-0.2, 0) is 12.0 Å². The molecule has 1 saturated heterocycles. The van der Waals surface area contributed by atoms with Crippen LogP contribution in [0.15, 0.2) is 47.6 Å². The molecule has 0 unspecified atom stereocenters. The number of anilines is 1. The quantitative estimate of drug-likeness (QED) is 0.434. The summed E-state index contributed by atoms with van der Waals surface area (Å²) in [7, 11) is 0. The van der Waals surface area contributed by atoms with Gasteiger partial charge in [-0.15, -0.1) is 0 Å². The zero-order valence-corrected chi connectivity index (χ0v) is 18.7. The molecule has 0 spiro atoms. The summed E-state index contributed by atoms with van der Waals surface area (Å²) in [4.78, 5) is 4.52. The van der Waals surface area contributed by atoms with E-state index in [1.807, 2.05) is 6.07 Å². The number of hydrogen-bond donors (Lipinski definition) is 2. The van der Waals surface area contributed by atoms with Gasteiger partial charge < -0.3 is 10.6 Å². The van der Waals surface area contributed by atoms with Crippen molar-refractivity contribution in [1.29, 1.82) is 0 Å². The molecule has 2 aromatic rings. The van der Waals surface area contributed by atoms with Gasteiger partial charge in [0, 0.05) is 32.7 Å². The Morgan fingerprint density at radius 1 is 1.13 bits per heavy atom. The molecule has 2 aromatic carbocycles. The Hall–Kier alpha value is -2.51. The highest BCUT2D eigenvalue weighted by molar-refractivity contribution is 7.80. The van der Waals surface area contributed by atoms with Crippen molar-refractivity contribution in [3.05, 3.63) is 65.0 Å². The molecule has 1 aliphatic heterocycles. The molecule has 3 N–H and O–H groups in total. The highest BCUT2D eigenvalue weighted by Crippen LogP contribution is 2.24. The maximum atomic E-state index is 14.6. The first kappa shape index (κ1) is 22.2. The monoisotopic (exact) mass is 427 g/mol. The van der Waals surface area contributed by atoms with E-state index in [9.17, 15) is 4.39 Å². The van der Waals surface area contributed by atoms with E-state index in [1.54, 1.807) is 6.07 Å². The highest BCUT2D eigenvalue weighted by atomic mass is 32.1. The molecule has 0 aromatic heterocycles. The van der Waals surface area contributed by atoms with Crippen LogP contribution in [0.3, 0.4) is 0 Å². The van der Waals surface area contributed by atoms with Gasteiger partial charge in [-0.25, -0.2) is 4.39 Å². The lowest BCUT2D eigenvalue weighted by Crippen LogP contribution is -2.46. The molecule has 7 heteroatoms. The van der Waals surface area contributed by atoms with Crippen molar-refractivity contribution in [2.75, 3.05) is 31.1 Å². The Morgan fingerprint density at radius 2 is 1.80 bits per heavy atom. The van der Waals surface area contributed by atoms with Crippen LogP contribution in [0.5, 0.6) is 0 Å². The van der Waals surface area contributed by atoms with Crippen LogP contribution in [0.25, 0.3) is 0 Å². The summed E-state index contributed by atoms with van der Waals surface area (Å²) in [5.74, 6) is -0.250. The molecule has 0 bridgehead atoms. The zero-order valence-electron chi connectivity index (χ0n) is 17.9. The number of hydrogen-bond acceptors (Lipinski definition) is 4. The number of thiocarbonyl (C=S) groups is 1. The Balaban J connectivity index is 1.55. The normalized spacial score (nSPS) is 15.5. The fraction of sp³-hybridized carbons (Fsp3) is 0.391. The largest absolute Gasteiger partial charge is 0.375 e. The Bertz CT molecular complexity index is 897. The average Bonchev–Trinajstić information content (AvgIpc) is 2.68. The third kappa shape index (κ3) is 6.00. The second kappa shape index (κ2) is 9.53. The first-order chi connectivity index (χ1) is 14.2. The molecule has 3 rings (SSSR count). The molecule has 1 heterocycles. The zero-order chi connectivity index (χ0) is 21.7. The highest BCUT2D eigenvalue weighted by Gasteiger charge is 2.20. The predicted octanol–water partition coefficient (Wildman–Crippen LogP) is 3.61. The van der Waals surface area contributed by atoms with E-state index in [1.165, 1.54) is 23.4 Å². The Labute approximate surface area is 183 Å². The van der Waals surface area contributed by atoms with E-state index in [-0.39, 0.29) is 16.3 Å². The van der Waals surface area contributed by atoms with E-state index in [0.717, 1.165) is 32.7 Å². The van der Waals surface area contributed by atoms with Gasteiger partial charge in [0.1, 0.15) is 5.82 Å². The Morgan fingerprint density at radius 3 is 2.37 bits per heavy atom. The number of nitrogens with two attached hydrogens (primary N) is 1. The van der Waals surface area contributed by atoms with Gasteiger partial charge in [0.2, 0.25) is 0 Å². The number of piperazine rings is 1. The van der Waals surface area contributed by atoms with E-state index < -0.39 is 0 Å². The number of benzene rings is 2. The molecule has 0 radical (unpaired) electrons. The average molecular weight is 428 g/mol. The molecule has 0 atom stereocenters. The van der Waals surface area contributed by atoms with Gasteiger partial charge in [-0.3, -0.25) is 10.3 Å². The van der Waals surface area contributed by atoms with Crippen LogP contribution < -0.4 is 16.1 Å². The van der Waals surface area contributed by atoms with Crippen molar-refractivity contribution in [2.45, 2.75) is 32.7 Å². The number of nitrogens with one attached hydrogen (secondary N) is 1. The predicted molar refractivity (Wildman–Crippen MR) is 127 cm³/mol. The molecule has 1 fully saturated rings. The van der Waals surface area contributed by atoms with Crippen LogP contribution >= 0.6 is 12.2 Å². The van der Waals surface area contributed by atoms with Gasteiger partial charge in [0.05, 0.1) is 11.9 Å². The number of nitrogens with zero attached hydrogens (tertiary/aromatic N) is 3. The van der Waals surface area contributed by atoms with Crippen LogP contribution in [0.4, 0.5) is 10.1 Å². The number of rotatable bonds is 5. The minimum atomic E-state index is -0.250. The topological polar surface area (TPSA) is 56.9 Å². The summed E-state index contributed by atoms with van der Waals surface area (Å²) >= 11 is 4.68. The lowest BCUT2D eigenvalue weighted by Gasteiger charge is -2.36. The third-order valence-electron chi connectivity index (χ3n) is 5.30. The lowest BCUT2D eigenvalue weighted by molar-refractivity contribution is 0.249. The fourth-order valence-corrected chi connectivity index (χ4v) is 3.60. The molecule has 160 valence electrons. The second-order valence-electron chi connectivity index (χ2n) is 8.66. The summed E-state index contributed by atoms with van der Waals surface area (Å²) in [6.07, 6.45) is 1.49. The molecule has 0 saturated carbocycles. The van der Waals surface area contributed by atoms with Gasteiger partial charge in [-0.2, -0.15) is 5.10 Å². The van der Waals surface area contributed by atoms with E-state index in [0.29, 0.717) is 11.3 Å². The molecule has 0 aliphatic carbocycles. The molecular formula is C23H30FN5S. The van der Waals surface area contributed by atoms with Gasteiger partial charge in [0.15, 0.2) is 5.11 Å². The summed E-state index contributed by atoms with van der Waals surface area (Å²) in [5, 5.41) is 3.94. The smallest absolute Gasteiger partial charge is 0.184 e. The second-order valence-corrected chi connectivity index (χ2v) is 9.10. The molecule has 0 amide bonds. The number of hydrazone groups is 1. The van der Waals surface area contributed by atoms with Crippen LogP contribution in [-0.4, -0.2) is 42.4 Å². The van der Waals surface area contributed by atoms with Crippen molar-refractivity contribution in [3.63, 3.8) is 0 Å². The maximum Gasteiger partial charge on any atom is 0.184 e. The van der Waals surface area contributed by atoms with Crippen molar-refractivity contribution in [2.24, 2.45) is 10.8 Å². The van der Waals surface area contributed by atoms with Gasteiger partial charge in [0.25, 0.3) is 0 Å². The summed E-state index contributed by atoms with van der Waals surface area (Å²) < 4.78 is 14.6. The van der Waals surface area contributed by atoms with Gasteiger partial charge >= 0.3 is 0 Å². The standard InChI is InChI=1S/C23H30FN5S/c1-23(2,3)19-7-4-17(5-8-19)16-28-10-12-29(13-11-28)21-9-6-18(14-20(21)24)15-26-27-22(25)30/h4-9,14-15H,10-13,16H2,1-3H3,(H3,25,27,30). The Kier molecular flexibility index (Phi) is 7.05. The van der Waals surface area contributed by atoms with Crippen LogP contribution in [0.1, 0.15) is 37.5 Å². The fourth-order valence-electron chi connectivity index (χ4n) is 3.55. The van der Waals surface area contributed by atoms with Crippen molar-refractivity contribution < 1.29 is 4.39 Å². The lowest BCUT2D eigenvalue weighted by atomic mass is 9.87. The minimum absolute atomic E-state index is 0.0753. The van der Waals surface area contributed by atoms with E-state index in [2.05, 4.69) is 77.6 Å². The van der Waals surface area contributed by atoms with E-state index >= 15 is 0 Å². The molecule has 5 nitrogen and oxygen atoms in total. The van der Waals surface area contributed by atoms with E-state index in [4.69, 9.17) is 5.73 Å². The van der Waals surface area contributed by atoms with Gasteiger partial charge in [-0.1, -0.05) is 51.1 Å². The molecular weight excluding hydrogens is 397 g/mol. The summed E-state index contributed by atoms with van der Waals surface area (Å²) in [6.45, 7) is 11.0.